The van der Waals surface area contributed by atoms with Gasteiger partial charge >= 0.3 is 0 Å². The fourth-order valence-corrected chi connectivity index (χ4v) is 3.31. The van der Waals surface area contributed by atoms with Crippen LogP contribution in [0.4, 0.5) is 0 Å². The zero-order valence-electron chi connectivity index (χ0n) is 13.5. The van der Waals surface area contributed by atoms with Crippen molar-refractivity contribution in [3.63, 3.8) is 0 Å². The van der Waals surface area contributed by atoms with E-state index in [1.165, 1.54) is 31.2 Å². The Bertz CT molecular complexity index is 685. The maximum atomic E-state index is 12.6. The van der Waals surface area contributed by atoms with Crippen molar-refractivity contribution in [2.24, 2.45) is 0 Å². The number of nitrogens with zero attached hydrogens (tertiary/aromatic N) is 1. The highest BCUT2D eigenvalue weighted by Crippen LogP contribution is 2.20. The van der Waals surface area contributed by atoms with E-state index in [2.05, 4.69) is 29.4 Å². The lowest BCUT2D eigenvalue weighted by atomic mass is 10.1. The van der Waals surface area contributed by atoms with E-state index in [1.54, 1.807) is 0 Å². The second-order valence-electron chi connectivity index (χ2n) is 6.48. The third-order valence-corrected chi connectivity index (χ3v) is 4.60. The van der Waals surface area contributed by atoms with Crippen LogP contribution in [0.15, 0.2) is 24.3 Å². The molecule has 1 amide bonds. The largest absolute Gasteiger partial charge is 0.349 e. The van der Waals surface area contributed by atoms with Crippen LogP contribution < -0.4 is 5.32 Å². The highest BCUT2D eigenvalue weighted by Gasteiger charge is 2.18. The third-order valence-electron chi connectivity index (χ3n) is 4.60. The van der Waals surface area contributed by atoms with Gasteiger partial charge in [-0.3, -0.25) is 9.78 Å². The lowest BCUT2D eigenvalue weighted by molar-refractivity contribution is 0.0932. The average Bonchev–Trinajstić information content (AvgIpc) is 2.75. The first-order valence-corrected chi connectivity index (χ1v) is 8.32. The van der Waals surface area contributed by atoms with E-state index in [9.17, 15) is 4.79 Å². The molecule has 3 rings (SSSR count). The van der Waals surface area contributed by atoms with Crippen LogP contribution in [-0.4, -0.2) is 16.9 Å². The standard InChI is InChI=1S/C19H24N2O/c1-13-9-10-18-15(11-13)12-17(14(2)20-18)19(22)21-16-7-5-3-4-6-8-16/h9-12,16H,3-8H2,1-2H3,(H,21,22). The number of benzene rings is 1. The van der Waals surface area contributed by atoms with Crippen LogP contribution in [0.2, 0.25) is 0 Å². The van der Waals surface area contributed by atoms with Gasteiger partial charge in [-0.05, 0) is 44.9 Å². The van der Waals surface area contributed by atoms with Crippen molar-refractivity contribution in [2.45, 2.75) is 58.4 Å². The Kier molecular flexibility index (Phi) is 4.41. The van der Waals surface area contributed by atoms with Gasteiger partial charge in [0.2, 0.25) is 0 Å². The maximum absolute atomic E-state index is 12.6. The number of amides is 1. The van der Waals surface area contributed by atoms with Crippen molar-refractivity contribution in [1.82, 2.24) is 10.3 Å². The Morgan fingerprint density at radius 1 is 1.09 bits per heavy atom. The summed E-state index contributed by atoms with van der Waals surface area (Å²) in [4.78, 5) is 17.2. The van der Waals surface area contributed by atoms with E-state index in [0.717, 1.165) is 29.4 Å². The van der Waals surface area contributed by atoms with Crippen molar-refractivity contribution in [1.29, 1.82) is 0 Å². The molecule has 1 aliphatic carbocycles. The quantitative estimate of drug-likeness (QED) is 0.839. The molecule has 1 aliphatic rings. The molecule has 1 heterocycles. The number of pyridine rings is 1. The first kappa shape index (κ1) is 15.0. The average molecular weight is 296 g/mol. The number of hydrogen-bond acceptors (Lipinski definition) is 2. The summed E-state index contributed by atoms with van der Waals surface area (Å²) in [5.74, 6) is 0.0281. The summed E-state index contributed by atoms with van der Waals surface area (Å²) in [7, 11) is 0. The summed E-state index contributed by atoms with van der Waals surface area (Å²) < 4.78 is 0. The summed E-state index contributed by atoms with van der Waals surface area (Å²) in [5.41, 5.74) is 3.66. The molecule has 1 aromatic heterocycles. The summed E-state index contributed by atoms with van der Waals surface area (Å²) in [6.07, 6.45) is 7.23. The number of carbonyl (C=O) groups is 1. The predicted molar refractivity (Wildman–Crippen MR) is 90.2 cm³/mol. The Morgan fingerprint density at radius 2 is 1.82 bits per heavy atom. The molecule has 0 aliphatic heterocycles. The van der Waals surface area contributed by atoms with E-state index in [1.807, 2.05) is 19.1 Å². The molecule has 0 atom stereocenters. The molecule has 0 bridgehead atoms. The molecule has 3 heteroatoms. The van der Waals surface area contributed by atoms with Crippen LogP contribution in [0.5, 0.6) is 0 Å². The summed E-state index contributed by atoms with van der Waals surface area (Å²) >= 11 is 0. The number of aromatic nitrogens is 1. The molecular weight excluding hydrogens is 272 g/mol. The van der Waals surface area contributed by atoms with Crippen LogP contribution in [0.3, 0.4) is 0 Å². The van der Waals surface area contributed by atoms with Gasteiger partial charge in [0.05, 0.1) is 16.8 Å². The lowest BCUT2D eigenvalue weighted by Gasteiger charge is -2.17. The SMILES string of the molecule is Cc1ccc2nc(C)c(C(=O)NC3CCCCCC3)cc2c1. The van der Waals surface area contributed by atoms with Gasteiger partial charge in [0, 0.05) is 11.4 Å². The normalized spacial score (nSPS) is 16.5. The van der Waals surface area contributed by atoms with Gasteiger partial charge in [-0.15, -0.1) is 0 Å². The van der Waals surface area contributed by atoms with Gasteiger partial charge < -0.3 is 5.32 Å². The molecule has 1 aromatic carbocycles. The number of aryl methyl sites for hydroxylation is 2. The topological polar surface area (TPSA) is 42.0 Å². The fraction of sp³-hybridized carbons (Fsp3) is 0.474. The van der Waals surface area contributed by atoms with Crippen LogP contribution in [0, 0.1) is 13.8 Å². The van der Waals surface area contributed by atoms with Crippen LogP contribution in [0.25, 0.3) is 10.9 Å². The van der Waals surface area contributed by atoms with Crippen LogP contribution in [-0.2, 0) is 0 Å². The van der Waals surface area contributed by atoms with E-state index >= 15 is 0 Å². The highest BCUT2D eigenvalue weighted by atomic mass is 16.1. The maximum Gasteiger partial charge on any atom is 0.253 e. The second kappa shape index (κ2) is 6.47. The molecule has 0 saturated heterocycles. The van der Waals surface area contributed by atoms with Gasteiger partial charge in [-0.25, -0.2) is 0 Å². The van der Waals surface area contributed by atoms with Crippen molar-refractivity contribution in [3.8, 4) is 0 Å². The Balaban J connectivity index is 1.84. The molecule has 3 nitrogen and oxygen atoms in total. The van der Waals surface area contributed by atoms with Crippen molar-refractivity contribution >= 4 is 16.8 Å². The van der Waals surface area contributed by atoms with Gasteiger partial charge in [0.1, 0.15) is 0 Å². The third kappa shape index (κ3) is 3.29. The zero-order chi connectivity index (χ0) is 15.5. The molecule has 1 N–H and O–H groups in total. The van der Waals surface area contributed by atoms with Crippen LogP contribution >= 0.6 is 0 Å². The minimum atomic E-state index is 0.0281. The van der Waals surface area contributed by atoms with Gasteiger partial charge in [0.25, 0.3) is 5.91 Å². The highest BCUT2D eigenvalue weighted by molar-refractivity contribution is 5.98. The fourth-order valence-electron chi connectivity index (χ4n) is 3.31. The second-order valence-corrected chi connectivity index (χ2v) is 6.48. The number of nitrogens with one attached hydrogen (secondary N) is 1. The number of fused-ring (bicyclic) bond motifs is 1. The Morgan fingerprint density at radius 3 is 2.55 bits per heavy atom. The van der Waals surface area contributed by atoms with Gasteiger partial charge in [0.15, 0.2) is 0 Å². The molecule has 1 fully saturated rings. The number of hydrogen-bond donors (Lipinski definition) is 1. The first-order chi connectivity index (χ1) is 10.6. The first-order valence-electron chi connectivity index (χ1n) is 8.32. The van der Waals surface area contributed by atoms with E-state index in [4.69, 9.17) is 0 Å². The smallest absolute Gasteiger partial charge is 0.253 e. The van der Waals surface area contributed by atoms with E-state index in [-0.39, 0.29) is 5.91 Å². The Hall–Kier alpha value is -1.90. The number of rotatable bonds is 2. The molecule has 1 saturated carbocycles. The van der Waals surface area contributed by atoms with E-state index in [0.29, 0.717) is 11.6 Å². The van der Waals surface area contributed by atoms with Crippen LogP contribution in [0.1, 0.15) is 60.1 Å². The molecule has 0 radical (unpaired) electrons. The molecule has 116 valence electrons. The predicted octanol–water partition coefficient (Wildman–Crippen LogP) is 4.30. The summed E-state index contributed by atoms with van der Waals surface area (Å²) in [6, 6.07) is 8.47. The van der Waals surface area contributed by atoms with Gasteiger partial charge in [-0.1, -0.05) is 37.3 Å². The van der Waals surface area contributed by atoms with Crippen molar-refractivity contribution < 1.29 is 4.79 Å². The Labute approximate surface area is 132 Å². The minimum Gasteiger partial charge on any atom is -0.349 e. The molecule has 22 heavy (non-hydrogen) atoms. The zero-order valence-corrected chi connectivity index (χ0v) is 13.5. The summed E-state index contributed by atoms with van der Waals surface area (Å²) in [6.45, 7) is 3.98. The molecule has 2 aromatic rings. The van der Waals surface area contributed by atoms with E-state index < -0.39 is 0 Å². The van der Waals surface area contributed by atoms with Gasteiger partial charge in [-0.2, -0.15) is 0 Å². The minimum absolute atomic E-state index is 0.0281. The summed E-state index contributed by atoms with van der Waals surface area (Å²) in [5, 5.41) is 4.25. The van der Waals surface area contributed by atoms with Crippen molar-refractivity contribution in [3.05, 3.63) is 41.1 Å². The number of carbonyl (C=O) groups excluding carboxylic acids is 1. The molecule has 0 spiro atoms. The lowest BCUT2D eigenvalue weighted by Crippen LogP contribution is -2.34. The molecule has 0 unspecified atom stereocenters. The van der Waals surface area contributed by atoms with Crippen molar-refractivity contribution in [2.75, 3.05) is 0 Å². The monoisotopic (exact) mass is 296 g/mol. The molecular formula is C19H24N2O.